The Hall–Kier alpha value is -2.18. The predicted molar refractivity (Wildman–Crippen MR) is 99.7 cm³/mol. The SMILES string of the molecule is CCc1ccc([C@@H](N[C@@H](C)C(=O)N2CCNC2=O)c2cccs2)cc1. The zero-order valence-corrected chi connectivity index (χ0v) is 15.3. The summed E-state index contributed by atoms with van der Waals surface area (Å²) in [7, 11) is 0. The Morgan fingerprint density at radius 2 is 2.08 bits per heavy atom. The minimum atomic E-state index is -0.457. The van der Waals surface area contributed by atoms with Gasteiger partial charge in [-0.2, -0.15) is 0 Å². The van der Waals surface area contributed by atoms with Gasteiger partial charge in [-0.25, -0.2) is 4.79 Å². The molecule has 1 aliphatic rings. The summed E-state index contributed by atoms with van der Waals surface area (Å²) >= 11 is 1.66. The summed E-state index contributed by atoms with van der Waals surface area (Å²) in [5.41, 5.74) is 2.40. The van der Waals surface area contributed by atoms with Crippen LogP contribution in [0.2, 0.25) is 0 Å². The Bertz CT molecular complexity index is 728. The average molecular weight is 357 g/mol. The fourth-order valence-electron chi connectivity index (χ4n) is 2.98. The Kier molecular flexibility index (Phi) is 5.50. The molecule has 0 bridgehead atoms. The van der Waals surface area contributed by atoms with Crippen LogP contribution >= 0.6 is 11.3 Å². The van der Waals surface area contributed by atoms with E-state index in [1.165, 1.54) is 10.5 Å². The van der Waals surface area contributed by atoms with Gasteiger partial charge in [0.2, 0.25) is 5.91 Å². The van der Waals surface area contributed by atoms with Crippen LogP contribution in [0.15, 0.2) is 41.8 Å². The Balaban J connectivity index is 1.80. The van der Waals surface area contributed by atoms with E-state index < -0.39 is 6.04 Å². The highest BCUT2D eigenvalue weighted by atomic mass is 32.1. The van der Waals surface area contributed by atoms with Crippen molar-refractivity contribution in [2.75, 3.05) is 13.1 Å². The standard InChI is InChI=1S/C19H23N3O2S/c1-3-14-6-8-15(9-7-14)17(16-5-4-12-25-16)21-13(2)18(23)22-11-10-20-19(22)24/h4-9,12-13,17,21H,3,10-11H2,1-2H3,(H,20,24)/t13-,17+/m0/s1. The second-order valence-corrected chi connectivity index (χ2v) is 7.13. The topological polar surface area (TPSA) is 61.4 Å². The molecule has 25 heavy (non-hydrogen) atoms. The Labute approximate surface area is 152 Å². The molecule has 1 aromatic heterocycles. The predicted octanol–water partition coefficient (Wildman–Crippen LogP) is 2.93. The van der Waals surface area contributed by atoms with Crippen LogP contribution < -0.4 is 10.6 Å². The van der Waals surface area contributed by atoms with E-state index in [1.807, 2.05) is 18.4 Å². The number of nitrogens with one attached hydrogen (secondary N) is 2. The molecule has 132 valence electrons. The van der Waals surface area contributed by atoms with Crippen molar-refractivity contribution in [1.82, 2.24) is 15.5 Å². The first-order chi connectivity index (χ1) is 12.1. The van der Waals surface area contributed by atoms with Crippen LogP contribution in [0.1, 0.15) is 35.9 Å². The van der Waals surface area contributed by atoms with E-state index in [1.54, 1.807) is 11.3 Å². The lowest BCUT2D eigenvalue weighted by molar-refractivity contribution is -0.129. The summed E-state index contributed by atoms with van der Waals surface area (Å²) in [6.45, 7) is 4.89. The van der Waals surface area contributed by atoms with Crippen molar-refractivity contribution >= 4 is 23.3 Å². The fraction of sp³-hybridized carbons (Fsp3) is 0.368. The van der Waals surface area contributed by atoms with Crippen LogP contribution in [-0.4, -0.2) is 36.0 Å². The number of urea groups is 1. The molecule has 1 aliphatic heterocycles. The van der Waals surface area contributed by atoms with Crippen LogP contribution in [0.4, 0.5) is 4.79 Å². The summed E-state index contributed by atoms with van der Waals surface area (Å²) in [4.78, 5) is 26.8. The molecule has 2 heterocycles. The lowest BCUT2D eigenvalue weighted by Gasteiger charge is -2.25. The lowest BCUT2D eigenvalue weighted by atomic mass is 10.0. The van der Waals surface area contributed by atoms with Crippen LogP contribution in [0.5, 0.6) is 0 Å². The number of carbonyl (C=O) groups excluding carboxylic acids is 2. The minimum absolute atomic E-state index is 0.0736. The number of nitrogens with zero attached hydrogens (tertiary/aromatic N) is 1. The van der Waals surface area contributed by atoms with Crippen LogP contribution in [0, 0.1) is 0 Å². The summed E-state index contributed by atoms with van der Waals surface area (Å²) in [6.07, 6.45) is 0.996. The molecule has 3 amide bonds. The van der Waals surface area contributed by atoms with Gasteiger partial charge >= 0.3 is 6.03 Å². The van der Waals surface area contributed by atoms with E-state index in [4.69, 9.17) is 0 Å². The van der Waals surface area contributed by atoms with Crippen molar-refractivity contribution < 1.29 is 9.59 Å². The average Bonchev–Trinajstić information content (AvgIpc) is 3.30. The molecule has 0 saturated carbocycles. The largest absolute Gasteiger partial charge is 0.336 e. The maximum Gasteiger partial charge on any atom is 0.324 e. The Morgan fingerprint density at radius 1 is 1.32 bits per heavy atom. The molecule has 0 spiro atoms. The van der Waals surface area contributed by atoms with E-state index >= 15 is 0 Å². The number of amides is 3. The molecule has 1 aromatic carbocycles. The van der Waals surface area contributed by atoms with Crippen molar-refractivity contribution in [2.24, 2.45) is 0 Å². The van der Waals surface area contributed by atoms with Crippen LogP contribution in [0.25, 0.3) is 0 Å². The van der Waals surface area contributed by atoms with E-state index in [-0.39, 0.29) is 18.0 Å². The molecule has 2 aromatic rings. The number of carbonyl (C=O) groups is 2. The number of hydrogen-bond acceptors (Lipinski definition) is 4. The third kappa shape index (κ3) is 3.91. The van der Waals surface area contributed by atoms with E-state index in [2.05, 4.69) is 47.9 Å². The van der Waals surface area contributed by atoms with E-state index in [0.717, 1.165) is 16.9 Å². The number of aryl methyl sites for hydroxylation is 1. The molecule has 0 aliphatic carbocycles. The summed E-state index contributed by atoms with van der Waals surface area (Å²) in [6, 6.07) is 11.7. The smallest absolute Gasteiger partial charge is 0.324 e. The van der Waals surface area contributed by atoms with Gasteiger partial charge in [0.15, 0.2) is 0 Å². The van der Waals surface area contributed by atoms with Crippen molar-refractivity contribution in [2.45, 2.75) is 32.4 Å². The molecular weight excluding hydrogens is 334 g/mol. The number of thiophene rings is 1. The molecule has 2 atom stereocenters. The third-order valence-electron chi connectivity index (χ3n) is 4.46. The molecule has 3 rings (SSSR count). The maximum absolute atomic E-state index is 12.6. The molecular formula is C19H23N3O2S. The zero-order valence-electron chi connectivity index (χ0n) is 14.5. The van der Waals surface area contributed by atoms with Gasteiger partial charge in [0.05, 0.1) is 12.1 Å². The molecule has 2 N–H and O–H groups in total. The highest BCUT2D eigenvalue weighted by molar-refractivity contribution is 7.10. The van der Waals surface area contributed by atoms with Crippen molar-refractivity contribution in [3.63, 3.8) is 0 Å². The highest BCUT2D eigenvalue weighted by Crippen LogP contribution is 2.27. The first-order valence-electron chi connectivity index (χ1n) is 8.57. The van der Waals surface area contributed by atoms with Crippen molar-refractivity contribution in [1.29, 1.82) is 0 Å². The number of imide groups is 1. The second-order valence-electron chi connectivity index (χ2n) is 6.15. The first-order valence-corrected chi connectivity index (χ1v) is 9.45. The quantitative estimate of drug-likeness (QED) is 0.836. The normalized spacial score (nSPS) is 16.6. The van der Waals surface area contributed by atoms with Crippen molar-refractivity contribution in [3.05, 3.63) is 57.8 Å². The van der Waals surface area contributed by atoms with Gasteiger partial charge in [-0.05, 0) is 35.9 Å². The van der Waals surface area contributed by atoms with Gasteiger partial charge < -0.3 is 5.32 Å². The lowest BCUT2D eigenvalue weighted by Crippen LogP contribution is -2.47. The van der Waals surface area contributed by atoms with Gasteiger partial charge in [-0.15, -0.1) is 11.3 Å². The first kappa shape index (κ1) is 17.6. The molecule has 0 radical (unpaired) electrons. The number of rotatable bonds is 6. The fourth-order valence-corrected chi connectivity index (χ4v) is 3.79. The maximum atomic E-state index is 12.6. The van der Waals surface area contributed by atoms with E-state index in [9.17, 15) is 9.59 Å². The van der Waals surface area contributed by atoms with Crippen molar-refractivity contribution in [3.8, 4) is 0 Å². The van der Waals surface area contributed by atoms with Gasteiger partial charge in [-0.3, -0.25) is 15.0 Å². The summed E-state index contributed by atoms with van der Waals surface area (Å²) in [5, 5.41) is 8.11. The van der Waals surface area contributed by atoms with Gasteiger partial charge in [-0.1, -0.05) is 37.3 Å². The van der Waals surface area contributed by atoms with Gasteiger partial charge in [0, 0.05) is 18.0 Å². The molecule has 1 fully saturated rings. The third-order valence-corrected chi connectivity index (χ3v) is 5.40. The van der Waals surface area contributed by atoms with Gasteiger partial charge in [0.1, 0.15) is 0 Å². The summed E-state index contributed by atoms with van der Waals surface area (Å²) < 4.78 is 0. The molecule has 0 unspecified atom stereocenters. The van der Waals surface area contributed by atoms with E-state index in [0.29, 0.717) is 13.1 Å². The molecule has 6 heteroatoms. The number of hydrogen-bond donors (Lipinski definition) is 2. The summed E-state index contributed by atoms with van der Waals surface area (Å²) in [5.74, 6) is -0.193. The monoisotopic (exact) mass is 357 g/mol. The van der Waals surface area contributed by atoms with Crippen LogP contribution in [0.3, 0.4) is 0 Å². The van der Waals surface area contributed by atoms with Gasteiger partial charge in [0.25, 0.3) is 0 Å². The minimum Gasteiger partial charge on any atom is -0.336 e. The zero-order chi connectivity index (χ0) is 17.8. The highest BCUT2D eigenvalue weighted by Gasteiger charge is 2.31. The molecule has 1 saturated heterocycles. The van der Waals surface area contributed by atoms with Crippen LogP contribution in [-0.2, 0) is 11.2 Å². The Morgan fingerprint density at radius 3 is 2.64 bits per heavy atom. The second kappa shape index (κ2) is 7.80. The molecule has 5 nitrogen and oxygen atoms in total. The number of benzene rings is 1.